The predicted molar refractivity (Wildman–Crippen MR) is 50.8 cm³/mol. The number of hydrogen-bond acceptors (Lipinski definition) is 0. The van der Waals surface area contributed by atoms with Gasteiger partial charge in [-0.3, -0.25) is 0 Å². The smallest absolute Gasteiger partial charge is 0.0141 e. The molecule has 0 heterocycles. The lowest BCUT2D eigenvalue weighted by molar-refractivity contribution is -0.0226. The largest absolute Gasteiger partial charge is 0.0995 e. The summed E-state index contributed by atoms with van der Waals surface area (Å²) in [6, 6.07) is 0. The van der Waals surface area contributed by atoms with E-state index in [1.807, 2.05) is 0 Å². The maximum atomic E-state index is 4.25. The fourth-order valence-electron chi connectivity index (χ4n) is 4.51. The summed E-state index contributed by atoms with van der Waals surface area (Å²) in [6.07, 6.45) is 7.34. The van der Waals surface area contributed by atoms with Crippen LogP contribution in [-0.2, 0) is 0 Å². The van der Waals surface area contributed by atoms with Crippen LogP contribution >= 0.6 is 0 Å². The Morgan fingerprint density at radius 3 is 3.00 bits per heavy atom. The van der Waals surface area contributed by atoms with Crippen LogP contribution in [0.2, 0.25) is 0 Å². The van der Waals surface area contributed by atoms with E-state index in [1.54, 1.807) is 5.57 Å². The summed E-state index contributed by atoms with van der Waals surface area (Å²) in [7, 11) is 0. The molecule has 0 aliphatic heterocycles. The van der Waals surface area contributed by atoms with Gasteiger partial charge in [-0.2, -0.15) is 0 Å². The Morgan fingerprint density at radius 2 is 2.33 bits per heavy atom. The van der Waals surface area contributed by atoms with Crippen molar-refractivity contribution in [3.05, 3.63) is 12.2 Å². The minimum Gasteiger partial charge on any atom is -0.0995 e. The van der Waals surface area contributed by atoms with Gasteiger partial charge in [-0.1, -0.05) is 25.5 Å². The molecule has 3 aliphatic rings. The zero-order valence-corrected chi connectivity index (χ0v) is 7.97. The summed E-state index contributed by atoms with van der Waals surface area (Å²) in [6.45, 7) is 6.71. The van der Waals surface area contributed by atoms with Crippen molar-refractivity contribution in [3.63, 3.8) is 0 Å². The summed E-state index contributed by atoms with van der Waals surface area (Å²) in [5.41, 5.74) is 2.37. The van der Waals surface area contributed by atoms with Gasteiger partial charge < -0.3 is 0 Å². The normalized spacial score (nSPS) is 56.4. The second-order valence-corrected chi connectivity index (χ2v) is 5.25. The van der Waals surface area contributed by atoms with Gasteiger partial charge in [-0.05, 0) is 48.9 Å². The summed E-state index contributed by atoms with van der Waals surface area (Å²) in [5, 5.41) is 0. The van der Waals surface area contributed by atoms with E-state index in [9.17, 15) is 0 Å². The topological polar surface area (TPSA) is 0 Å². The van der Waals surface area contributed by atoms with Crippen LogP contribution in [0.1, 0.15) is 39.0 Å². The second-order valence-electron chi connectivity index (χ2n) is 5.25. The lowest BCUT2D eigenvalue weighted by atomic mass is 9.52. The summed E-state index contributed by atoms with van der Waals surface area (Å²) in [5.74, 6) is 2.99. The third-order valence-corrected chi connectivity index (χ3v) is 5.08. The van der Waals surface area contributed by atoms with Crippen molar-refractivity contribution in [2.45, 2.75) is 39.0 Å². The van der Waals surface area contributed by atoms with Gasteiger partial charge in [0.1, 0.15) is 0 Å². The highest BCUT2D eigenvalue weighted by molar-refractivity contribution is 5.26. The van der Waals surface area contributed by atoms with Crippen LogP contribution in [0.4, 0.5) is 0 Å². The molecule has 0 aromatic rings. The first kappa shape index (κ1) is 7.17. The molecule has 4 unspecified atom stereocenters. The van der Waals surface area contributed by atoms with Gasteiger partial charge in [-0.25, -0.2) is 0 Å². The molecular weight excluding hydrogens is 144 g/mol. The predicted octanol–water partition coefficient (Wildman–Crippen LogP) is 3.39. The fraction of sp³-hybridized carbons (Fsp3) is 0.833. The SMILES string of the molecule is C=C1CC2CCCC23C(C)CC13. The minimum absolute atomic E-state index is 0.775. The first-order chi connectivity index (χ1) is 5.75. The quantitative estimate of drug-likeness (QED) is 0.479. The third kappa shape index (κ3) is 0.551. The molecule has 3 aliphatic carbocycles. The molecule has 0 N–H and O–H groups in total. The average molecular weight is 162 g/mol. The van der Waals surface area contributed by atoms with Crippen LogP contribution in [0.15, 0.2) is 12.2 Å². The van der Waals surface area contributed by atoms with Gasteiger partial charge in [-0.15, -0.1) is 0 Å². The van der Waals surface area contributed by atoms with E-state index < -0.39 is 0 Å². The van der Waals surface area contributed by atoms with E-state index in [0.717, 1.165) is 23.2 Å². The van der Waals surface area contributed by atoms with Gasteiger partial charge >= 0.3 is 0 Å². The Morgan fingerprint density at radius 1 is 1.50 bits per heavy atom. The van der Waals surface area contributed by atoms with Crippen LogP contribution in [0.25, 0.3) is 0 Å². The van der Waals surface area contributed by atoms with Crippen LogP contribution < -0.4 is 0 Å². The zero-order valence-electron chi connectivity index (χ0n) is 7.97. The molecule has 1 spiro atoms. The molecule has 0 saturated heterocycles. The van der Waals surface area contributed by atoms with Crippen LogP contribution in [-0.4, -0.2) is 0 Å². The fourth-order valence-corrected chi connectivity index (χ4v) is 4.51. The van der Waals surface area contributed by atoms with Crippen molar-refractivity contribution in [3.8, 4) is 0 Å². The van der Waals surface area contributed by atoms with E-state index in [4.69, 9.17) is 0 Å². The molecule has 0 nitrogen and oxygen atoms in total. The van der Waals surface area contributed by atoms with Crippen LogP contribution in [0.3, 0.4) is 0 Å². The van der Waals surface area contributed by atoms with E-state index in [0.29, 0.717) is 0 Å². The zero-order chi connectivity index (χ0) is 8.34. The number of rotatable bonds is 0. The van der Waals surface area contributed by atoms with Crippen molar-refractivity contribution in [1.82, 2.24) is 0 Å². The maximum absolute atomic E-state index is 4.25. The first-order valence-electron chi connectivity index (χ1n) is 5.43. The molecule has 3 fully saturated rings. The van der Waals surface area contributed by atoms with E-state index >= 15 is 0 Å². The molecule has 4 atom stereocenters. The lowest BCUT2D eigenvalue weighted by Gasteiger charge is -2.52. The third-order valence-electron chi connectivity index (χ3n) is 5.08. The molecule has 3 saturated carbocycles. The van der Waals surface area contributed by atoms with E-state index in [-0.39, 0.29) is 0 Å². The lowest BCUT2D eigenvalue weighted by Crippen LogP contribution is -2.45. The first-order valence-corrected chi connectivity index (χ1v) is 5.43. The van der Waals surface area contributed by atoms with Gasteiger partial charge in [0.15, 0.2) is 0 Å². The summed E-state index contributed by atoms with van der Waals surface area (Å²) >= 11 is 0. The number of allylic oxidation sites excluding steroid dienone is 1. The Hall–Kier alpha value is -0.260. The Bertz CT molecular complexity index is 240. The molecule has 66 valence electrons. The average Bonchev–Trinajstić information content (AvgIpc) is 2.51. The molecule has 0 bridgehead atoms. The van der Waals surface area contributed by atoms with Crippen molar-refractivity contribution in [1.29, 1.82) is 0 Å². The van der Waals surface area contributed by atoms with Crippen molar-refractivity contribution in [2.24, 2.45) is 23.2 Å². The van der Waals surface area contributed by atoms with Crippen LogP contribution in [0, 0.1) is 23.2 Å². The van der Waals surface area contributed by atoms with Crippen LogP contribution in [0.5, 0.6) is 0 Å². The Balaban J connectivity index is 2.02. The molecule has 3 rings (SSSR count). The van der Waals surface area contributed by atoms with Gasteiger partial charge in [0.2, 0.25) is 0 Å². The van der Waals surface area contributed by atoms with Gasteiger partial charge in [0, 0.05) is 0 Å². The summed E-state index contributed by atoms with van der Waals surface area (Å²) < 4.78 is 0. The molecule has 0 radical (unpaired) electrons. The molecule has 0 aromatic carbocycles. The number of hydrogen-bond donors (Lipinski definition) is 0. The highest BCUT2D eigenvalue weighted by Gasteiger charge is 2.62. The second kappa shape index (κ2) is 1.97. The Labute approximate surface area is 75.0 Å². The van der Waals surface area contributed by atoms with Gasteiger partial charge in [0.05, 0.1) is 0 Å². The van der Waals surface area contributed by atoms with E-state index in [1.165, 1.54) is 32.1 Å². The summed E-state index contributed by atoms with van der Waals surface area (Å²) in [4.78, 5) is 0. The highest BCUT2D eigenvalue weighted by Crippen LogP contribution is 2.71. The monoisotopic (exact) mass is 162 g/mol. The minimum atomic E-state index is 0.775. The highest BCUT2D eigenvalue weighted by atomic mass is 14.7. The van der Waals surface area contributed by atoms with Crippen molar-refractivity contribution < 1.29 is 0 Å². The Kier molecular flexibility index (Phi) is 1.18. The van der Waals surface area contributed by atoms with Gasteiger partial charge in [0.25, 0.3) is 0 Å². The molecule has 0 amide bonds. The maximum Gasteiger partial charge on any atom is -0.0141 e. The molecule has 12 heavy (non-hydrogen) atoms. The molecule has 0 heteroatoms. The van der Waals surface area contributed by atoms with Crippen molar-refractivity contribution >= 4 is 0 Å². The molecular formula is C12H18. The van der Waals surface area contributed by atoms with E-state index in [2.05, 4.69) is 13.5 Å². The standard InChI is InChI=1S/C12H18/c1-8-6-10-4-3-5-12(10)9(2)7-11(8)12/h9-11H,1,3-7H2,2H3. The molecule has 0 aromatic heterocycles. The van der Waals surface area contributed by atoms with Crippen molar-refractivity contribution in [2.75, 3.05) is 0 Å².